The summed E-state index contributed by atoms with van der Waals surface area (Å²) in [5.74, 6) is 1.91. The van der Waals surface area contributed by atoms with Crippen molar-refractivity contribution in [3.8, 4) is 0 Å². The maximum atomic E-state index is 4.27. The van der Waals surface area contributed by atoms with Crippen molar-refractivity contribution in [3.63, 3.8) is 0 Å². The van der Waals surface area contributed by atoms with Crippen molar-refractivity contribution in [1.29, 1.82) is 0 Å². The molecule has 0 aromatic rings. The van der Waals surface area contributed by atoms with Gasteiger partial charge in [-0.15, -0.1) is 0 Å². The smallest absolute Gasteiger partial charge is 0.191 e. The van der Waals surface area contributed by atoms with Gasteiger partial charge in [0.1, 0.15) is 0 Å². The molecule has 1 rings (SSSR count). The third-order valence-electron chi connectivity index (χ3n) is 3.75. The van der Waals surface area contributed by atoms with E-state index in [4.69, 9.17) is 0 Å². The summed E-state index contributed by atoms with van der Waals surface area (Å²) in [6.45, 7) is 12.1. The van der Waals surface area contributed by atoms with Gasteiger partial charge in [-0.2, -0.15) is 0 Å². The van der Waals surface area contributed by atoms with Crippen LogP contribution in [-0.2, 0) is 0 Å². The highest BCUT2D eigenvalue weighted by Gasteiger charge is 2.20. The van der Waals surface area contributed by atoms with E-state index in [0.717, 1.165) is 31.5 Å². The molecular weight excluding hydrogens is 236 g/mol. The molecule has 1 aliphatic rings. The topological polar surface area (TPSA) is 39.7 Å². The Hall–Kier alpha value is -0.770. The first-order chi connectivity index (χ1) is 9.04. The first kappa shape index (κ1) is 16.3. The highest BCUT2D eigenvalue weighted by atomic mass is 15.2. The van der Waals surface area contributed by atoms with Crippen LogP contribution < -0.4 is 10.6 Å². The van der Waals surface area contributed by atoms with Gasteiger partial charge in [-0.25, -0.2) is 0 Å². The van der Waals surface area contributed by atoms with Gasteiger partial charge >= 0.3 is 0 Å². The molecule has 1 fully saturated rings. The zero-order valence-corrected chi connectivity index (χ0v) is 13.4. The van der Waals surface area contributed by atoms with E-state index < -0.39 is 0 Å². The molecule has 4 heteroatoms. The molecule has 1 saturated carbocycles. The van der Waals surface area contributed by atoms with Crippen LogP contribution in [0.3, 0.4) is 0 Å². The monoisotopic (exact) mass is 268 g/mol. The lowest BCUT2D eigenvalue weighted by molar-refractivity contribution is 0.178. The van der Waals surface area contributed by atoms with Gasteiger partial charge in [0.25, 0.3) is 0 Å². The summed E-state index contributed by atoms with van der Waals surface area (Å²) in [6.07, 6.45) is 4.13. The molecule has 0 amide bonds. The van der Waals surface area contributed by atoms with Gasteiger partial charge in [-0.3, -0.25) is 9.89 Å². The zero-order valence-electron chi connectivity index (χ0n) is 13.4. The van der Waals surface area contributed by atoms with Crippen LogP contribution in [0.2, 0.25) is 0 Å². The van der Waals surface area contributed by atoms with Gasteiger partial charge in [0.2, 0.25) is 0 Å². The lowest BCUT2D eigenvalue weighted by atomic mass is 10.2. The van der Waals surface area contributed by atoms with Crippen LogP contribution in [0.15, 0.2) is 4.99 Å². The fraction of sp³-hybridized carbons (Fsp3) is 0.933. The Morgan fingerprint density at radius 3 is 2.16 bits per heavy atom. The van der Waals surface area contributed by atoms with Crippen LogP contribution in [-0.4, -0.2) is 49.6 Å². The predicted molar refractivity (Wildman–Crippen MR) is 83.7 cm³/mol. The Balaban J connectivity index is 2.16. The Labute approximate surface area is 119 Å². The molecule has 0 bridgehead atoms. The fourth-order valence-electron chi connectivity index (χ4n) is 2.44. The molecule has 0 radical (unpaired) electrons. The van der Waals surface area contributed by atoms with Gasteiger partial charge in [0.15, 0.2) is 5.96 Å². The minimum absolute atomic E-state index is 0.589. The molecule has 19 heavy (non-hydrogen) atoms. The van der Waals surface area contributed by atoms with Crippen LogP contribution in [0.4, 0.5) is 0 Å². The van der Waals surface area contributed by atoms with Crippen molar-refractivity contribution >= 4 is 5.96 Å². The van der Waals surface area contributed by atoms with Gasteiger partial charge in [-0.1, -0.05) is 12.8 Å². The number of aliphatic imine (C=N–C) groups is 1. The first-order valence-corrected chi connectivity index (χ1v) is 7.74. The highest BCUT2D eigenvalue weighted by Crippen LogP contribution is 2.31. The molecule has 0 aliphatic heterocycles. The molecule has 112 valence electrons. The molecule has 0 aromatic heterocycles. The molecule has 0 unspecified atom stereocenters. The molecule has 0 aromatic carbocycles. The summed E-state index contributed by atoms with van der Waals surface area (Å²) in [4.78, 5) is 6.76. The van der Waals surface area contributed by atoms with Crippen molar-refractivity contribution in [2.24, 2.45) is 10.9 Å². The first-order valence-electron chi connectivity index (χ1n) is 7.74. The van der Waals surface area contributed by atoms with E-state index in [-0.39, 0.29) is 0 Å². The van der Waals surface area contributed by atoms with Crippen LogP contribution in [0.1, 0.15) is 47.0 Å². The normalized spacial score (nSPS) is 16.5. The SMILES string of the molecule is CN=C(NCCC1CC1)NCCN(C(C)C)C(C)C. The Bertz CT molecular complexity index is 261. The third-order valence-corrected chi connectivity index (χ3v) is 3.75. The largest absolute Gasteiger partial charge is 0.356 e. The summed E-state index contributed by atoms with van der Waals surface area (Å²) < 4.78 is 0. The number of rotatable bonds is 8. The summed E-state index contributed by atoms with van der Waals surface area (Å²) in [7, 11) is 1.84. The number of guanidine groups is 1. The van der Waals surface area contributed by atoms with Crippen molar-refractivity contribution in [2.45, 2.75) is 59.0 Å². The predicted octanol–water partition coefficient (Wildman–Crippen LogP) is 2.07. The minimum Gasteiger partial charge on any atom is -0.356 e. The number of hydrogen-bond acceptors (Lipinski definition) is 2. The second-order valence-corrected chi connectivity index (χ2v) is 6.08. The van der Waals surface area contributed by atoms with Crippen LogP contribution in [0, 0.1) is 5.92 Å². The summed E-state index contributed by atoms with van der Waals surface area (Å²) >= 11 is 0. The maximum Gasteiger partial charge on any atom is 0.191 e. The van der Waals surface area contributed by atoms with Crippen LogP contribution in [0.25, 0.3) is 0 Å². The molecule has 0 heterocycles. The highest BCUT2D eigenvalue weighted by molar-refractivity contribution is 5.79. The van der Waals surface area contributed by atoms with Crippen molar-refractivity contribution in [2.75, 3.05) is 26.7 Å². The maximum absolute atomic E-state index is 4.27. The average Bonchev–Trinajstić information content (AvgIpc) is 3.15. The van der Waals surface area contributed by atoms with Gasteiger partial charge in [-0.05, 0) is 40.0 Å². The summed E-state index contributed by atoms with van der Waals surface area (Å²) in [5, 5.41) is 6.79. The third kappa shape index (κ3) is 6.81. The van der Waals surface area contributed by atoms with Crippen molar-refractivity contribution < 1.29 is 0 Å². The van der Waals surface area contributed by atoms with Crippen molar-refractivity contribution in [1.82, 2.24) is 15.5 Å². The van der Waals surface area contributed by atoms with E-state index in [9.17, 15) is 0 Å². The number of nitrogens with zero attached hydrogens (tertiary/aromatic N) is 2. The molecule has 2 N–H and O–H groups in total. The number of hydrogen-bond donors (Lipinski definition) is 2. The molecule has 1 aliphatic carbocycles. The summed E-state index contributed by atoms with van der Waals surface area (Å²) in [5.41, 5.74) is 0. The average molecular weight is 268 g/mol. The minimum atomic E-state index is 0.589. The molecule has 0 atom stereocenters. The Kier molecular flexibility index (Phi) is 7.21. The summed E-state index contributed by atoms with van der Waals surface area (Å²) in [6, 6.07) is 1.18. The second-order valence-electron chi connectivity index (χ2n) is 6.08. The molecule has 4 nitrogen and oxygen atoms in total. The fourth-order valence-corrected chi connectivity index (χ4v) is 2.44. The Morgan fingerprint density at radius 2 is 1.68 bits per heavy atom. The van der Waals surface area contributed by atoms with Gasteiger partial charge in [0, 0.05) is 38.8 Å². The van der Waals surface area contributed by atoms with E-state index in [1.54, 1.807) is 0 Å². The Morgan fingerprint density at radius 1 is 1.11 bits per heavy atom. The van der Waals surface area contributed by atoms with Gasteiger partial charge in [0.05, 0.1) is 0 Å². The van der Waals surface area contributed by atoms with E-state index in [0.29, 0.717) is 12.1 Å². The molecule has 0 saturated heterocycles. The van der Waals surface area contributed by atoms with E-state index >= 15 is 0 Å². The lowest BCUT2D eigenvalue weighted by Gasteiger charge is -2.30. The second kappa shape index (κ2) is 8.41. The van der Waals surface area contributed by atoms with E-state index in [2.05, 4.69) is 48.2 Å². The molecule has 0 spiro atoms. The van der Waals surface area contributed by atoms with Crippen LogP contribution >= 0.6 is 0 Å². The van der Waals surface area contributed by atoms with Gasteiger partial charge < -0.3 is 10.6 Å². The van der Waals surface area contributed by atoms with Crippen LogP contribution in [0.5, 0.6) is 0 Å². The quantitative estimate of drug-likeness (QED) is 0.523. The molecular formula is C15H32N4. The number of nitrogens with one attached hydrogen (secondary N) is 2. The standard InChI is InChI=1S/C15H32N4/c1-12(2)19(13(3)4)11-10-18-15(16-5)17-9-8-14-6-7-14/h12-14H,6-11H2,1-5H3,(H2,16,17,18). The van der Waals surface area contributed by atoms with E-state index in [1.165, 1.54) is 19.3 Å². The van der Waals surface area contributed by atoms with E-state index in [1.807, 2.05) is 7.05 Å². The lowest BCUT2D eigenvalue weighted by Crippen LogP contribution is -2.45. The van der Waals surface area contributed by atoms with Crippen molar-refractivity contribution in [3.05, 3.63) is 0 Å². The zero-order chi connectivity index (χ0) is 14.3.